The van der Waals surface area contributed by atoms with Gasteiger partial charge in [-0.3, -0.25) is 14.5 Å². The molecule has 4 amide bonds. The number of carbonyl (C=O) groups excluding carboxylic acids is 3. The van der Waals surface area contributed by atoms with Gasteiger partial charge in [0.25, 0.3) is 5.91 Å². The Labute approximate surface area is 147 Å². The Morgan fingerprint density at radius 1 is 1.08 bits per heavy atom. The van der Waals surface area contributed by atoms with E-state index in [1.54, 1.807) is 6.07 Å². The molecule has 1 fully saturated rings. The predicted octanol–water partition coefficient (Wildman–Crippen LogP) is 1.91. The van der Waals surface area contributed by atoms with E-state index in [0.29, 0.717) is 11.1 Å². The highest BCUT2D eigenvalue weighted by atomic mass is 19.1. The summed E-state index contributed by atoms with van der Waals surface area (Å²) < 4.78 is 27.2. The molecule has 1 heterocycles. The van der Waals surface area contributed by atoms with Gasteiger partial charge in [-0.15, -0.1) is 0 Å². The topological polar surface area (TPSA) is 78.5 Å². The minimum Gasteiger partial charge on any atom is -0.350 e. The number of imide groups is 1. The first kappa shape index (κ1) is 17.5. The smallest absolute Gasteiger partial charge is 0.324 e. The summed E-state index contributed by atoms with van der Waals surface area (Å²) in [6.45, 7) is -0.0465. The Balaban J connectivity index is 1.63. The first-order chi connectivity index (χ1) is 12.5. The Morgan fingerprint density at radius 2 is 1.77 bits per heavy atom. The second-order valence-corrected chi connectivity index (χ2v) is 5.66. The molecule has 134 valence electrons. The second kappa shape index (κ2) is 7.30. The van der Waals surface area contributed by atoms with Crippen LogP contribution in [0.3, 0.4) is 0 Å². The van der Waals surface area contributed by atoms with Gasteiger partial charge in [0.05, 0.1) is 12.1 Å². The summed E-state index contributed by atoms with van der Waals surface area (Å²) in [6.07, 6.45) is 0. The van der Waals surface area contributed by atoms with Gasteiger partial charge in [-0.05, 0) is 35.4 Å². The molecule has 8 heteroatoms. The molecule has 0 aromatic heterocycles. The number of halogens is 2. The molecule has 0 unspecified atom stereocenters. The highest BCUT2D eigenvalue weighted by Crippen LogP contribution is 2.22. The normalized spacial score (nSPS) is 13.7. The Morgan fingerprint density at radius 3 is 2.38 bits per heavy atom. The summed E-state index contributed by atoms with van der Waals surface area (Å²) in [7, 11) is 0. The van der Waals surface area contributed by atoms with Crippen molar-refractivity contribution in [2.75, 3.05) is 19.6 Å². The number of amides is 4. The van der Waals surface area contributed by atoms with Crippen LogP contribution in [-0.2, 0) is 4.79 Å². The van der Waals surface area contributed by atoms with E-state index in [0.717, 1.165) is 4.90 Å². The number of benzene rings is 2. The van der Waals surface area contributed by atoms with Crippen molar-refractivity contribution < 1.29 is 23.2 Å². The molecule has 0 radical (unpaired) electrons. The molecule has 0 aliphatic carbocycles. The maximum Gasteiger partial charge on any atom is 0.324 e. The van der Waals surface area contributed by atoms with Crippen molar-refractivity contribution in [2.45, 2.75) is 0 Å². The second-order valence-electron chi connectivity index (χ2n) is 5.66. The SMILES string of the molecule is O=C(NCCN1C(=O)CNC1=O)c1ccc(-c2ccc(F)cc2)cc1F. The number of nitrogens with one attached hydrogen (secondary N) is 2. The number of carbonyl (C=O) groups is 3. The van der Waals surface area contributed by atoms with Crippen LogP contribution in [0.2, 0.25) is 0 Å². The third kappa shape index (κ3) is 3.69. The molecule has 0 atom stereocenters. The zero-order chi connectivity index (χ0) is 18.7. The van der Waals surface area contributed by atoms with Crippen LogP contribution in [0.15, 0.2) is 42.5 Å². The lowest BCUT2D eigenvalue weighted by Crippen LogP contribution is -2.38. The Kier molecular flexibility index (Phi) is 4.92. The standard InChI is InChI=1S/C18H15F2N3O3/c19-13-4-1-11(2-5-13)12-3-6-14(15(20)9-12)17(25)21-7-8-23-16(24)10-22-18(23)26/h1-6,9H,7-8,10H2,(H,21,25)(H,22,26). The Hall–Kier alpha value is -3.29. The molecule has 1 aliphatic rings. The van der Waals surface area contributed by atoms with Gasteiger partial charge in [-0.25, -0.2) is 13.6 Å². The fraction of sp³-hybridized carbons (Fsp3) is 0.167. The lowest BCUT2D eigenvalue weighted by molar-refractivity contribution is -0.124. The van der Waals surface area contributed by atoms with Crippen LogP contribution in [0.1, 0.15) is 10.4 Å². The molecule has 1 saturated heterocycles. The van der Waals surface area contributed by atoms with Crippen LogP contribution in [0, 0.1) is 11.6 Å². The molecule has 26 heavy (non-hydrogen) atoms. The van der Waals surface area contributed by atoms with E-state index in [2.05, 4.69) is 10.6 Å². The van der Waals surface area contributed by atoms with E-state index in [1.807, 2.05) is 0 Å². The molecular weight excluding hydrogens is 344 g/mol. The average molecular weight is 359 g/mol. The van der Waals surface area contributed by atoms with Crippen molar-refractivity contribution in [2.24, 2.45) is 0 Å². The molecule has 0 bridgehead atoms. The van der Waals surface area contributed by atoms with Crippen LogP contribution in [-0.4, -0.2) is 42.4 Å². The summed E-state index contributed by atoms with van der Waals surface area (Å²) in [5.41, 5.74) is 0.974. The van der Waals surface area contributed by atoms with Gasteiger partial charge >= 0.3 is 6.03 Å². The minimum atomic E-state index is -0.723. The molecule has 2 aromatic carbocycles. The zero-order valence-electron chi connectivity index (χ0n) is 13.6. The number of hydrogen-bond acceptors (Lipinski definition) is 3. The first-order valence-electron chi connectivity index (χ1n) is 7.87. The van der Waals surface area contributed by atoms with Gasteiger partial charge in [0.1, 0.15) is 11.6 Å². The highest BCUT2D eigenvalue weighted by molar-refractivity contribution is 6.02. The van der Waals surface area contributed by atoms with Gasteiger partial charge in [0.15, 0.2) is 0 Å². The molecule has 0 saturated carbocycles. The maximum absolute atomic E-state index is 14.3. The number of urea groups is 1. The molecule has 2 N–H and O–H groups in total. The summed E-state index contributed by atoms with van der Waals surface area (Å²) >= 11 is 0. The predicted molar refractivity (Wildman–Crippen MR) is 89.2 cm³/mol. The van der Waals surface area contributed by atoms with Crippen molar-refractivity contribution in [1.82, 2.24) is 15.5 Å². The van der Waals surface area contributed by atoms with Gasteiger partial charge in [0, 0.05) is 13.1 Å². The van der Waals surface area contributed by atoms with Crippen LogP contribution < -0.4 is 10.6 Å². The molecule has 1 aliphatic heterocycles. The largest absolute Gasteiger partial charge is 0.350 e. The number of nitrogens with zero attached hydrogens (tertiary/aromatic N) is 1. The number of hydrogen-bond donors (Lipinski definition) is 2. The van der Waals surface area contributed by atoms with Crippen molar-refractivity contribution in [3.8, 4) is 11.1 Å². The third-order valence-corrected chi connectivity index (χ3v) is 3.95. The van der Waals surface area contributed by atoms with E-state index >= 15 is 0 Å². The van der Waals surface area contributed by atoms with E-state index < -0.39 is 23.6 Å². The summed E-state index contributed by atoms with van der Waals surface area (Å²) in [6, 6.07) is 9.13. The van der Waals surface area contributed by atoms with Gasteiger partial charge in [-0.2, -0.15) is 0 Å². The molecule has 2 aromatic rings. The first-order valence-corrected chi connectivity index (χ1v) is 7.87. The van der Waals surface area contributed by atoms with E-state index in [4.69, 9.17) is 0 Å². The van der Waals surface area contributed by atoms with Crippen molar-refractivity contribution in [1.29, 1.82) is 0 Å². The monoisotopic (exact) mass is 359 g/mol. The molecular formula is C18H15F2N3O3. The summed E-state index contributed by atoms with van der Waals surface area (Å²) in [5, 5.41) is 4.84. The maximum atomic E-state index is 14.3. The van der Waals surface area contributed by atoms with E-state index in [-0.39, 0.29) is 31.1 Å². The van der Waals surface area contributed by atoms with Gasteiger partial charge < -0.3 is 10.6 Å². The quantitative estimate of drug-likeness (QED) is 0.801. The van der Waals surface area contributed by atoms with E-state index in [9.17, 15) is 23.2 Å². The highest BCUT2D eigenvalue weighted by Gasteiger charge is 2.27. The van der Waals surface area contributed by atoms with Gasteiger partial charge in [-0.1, -0.05) is 18.2 Å². The number of rotatable bonds is 5. The van der Waals surface area contributed by atoms with Crippen LogP contribution in [0.5, 0.6) is 0 Å². The van der Waals surface area contributed by atoms with Crippen molar-refractivity contribution in [3.05, 3.63) is 59.7 Å². The van der Waals surface area contributed by atoms with Crippen LogP contribution in [0.25, 0.3) is 11.1 Å². The molecule has 0 spiro atoms. The fourth-order valence-electron chi connectivity index (χ4n) is 2.58. The lowest BCUT2D eigenvalue weighted by atomic mass is 10.0. The fourth-order valence-corrected chi connectivity index (χ4v) is 2.58. The Bertz CT molecular complexity index is 852. The lowest BCUT2D eigenvalue weighted by Gasteiger charge is -2.13. The molecule has 6 nitrogen and oxygen atoms in total. The summed E-state index contributed by atoms with van der Waals surface area (Å²) in [5.74, 6) is -2.14. The zero-order valence-corrected chi connectivity index (χ0v) is 13.6. The van der Waals surface area contributed by atoms with Crippen molar-refractivity contribution >= 4 is 17.8 Å². The van der Waals surface area contributed by atoms with Crippen LogP contribution >= 0.6 is 0 Å². The summed E-state index contributed by atoms with van der Waals surface area (Å²) in [4.78, 5) is 35.9. The van der Waals surface area contributed by atoms with Crippen molar-refractivity contribution in [3.63, 3.8) is 0 Å². The van der Waals surface area contributed by atoms with Crippen LogP contribution in [0.4, 0.5) is 13.6 Å². The average Bonchev–Trinajstić information content (AvgIpc) is 2.94. The van der Waals surface area contributed by atoms with E-state index in [1.165, 1.54) is 36.4 Å². The third-order valence-electron chi connectivity index (χ3n) is 3.95. The van der Waals surface area contributed by atoms with Gasteiger partial charge in [0.2, 0.25) is 5.91 Å². The minimum absolute atomic E-state index is 0.00564. The molecule has 3 rings (SSSR count).